The van der Waals surface area contributed by atoms with Crippen molar-refractivity contribution in [1.29, 1.82) is 0 Å². The highest BCUT2D eigenvalue weighted by Gasteiger charge is 2.29. The summed E-state index contributed by atoms with van der Waals surface area (Å²) in [6.07, 6.45) is 4.06. The van der Waals surface area contributed by atoms with Gasteiger partial charge in [-0.1, -0.05) is 6.07 Å². The summed E-state index contributed by atoms with van der Waals surface area (Å²) >= 11 is 0. The zero-order valence-corrected chi connectivity index (χ0v) is 10.2. The second-order valence-corrected chi connectivity index (χ2v) is 4.55. The van der Waals surface area contributed by atoms with E-state index in [0.29, 0.717) is 18.7 Å². The quantitative estimate of drug-likeness (QED) is 0.822. The molecule has 98 valence electrons. The van der Waals surface area contributed by atoms with Gasteiger partial charge in [-0.25, -0.2) is 4.39 Å². The van der Waals surface area contributed by atoms with Crippen molar-refractivity contribution in [2.75, 3.05) is 13.1 Å². The van der Waals surface area contributed by atoms with Crippen LogP contribution in [0.3, 0.4) is 0 Å². The van der Waals surface area contributed by atoms with Crippen molar-refractivity contribution in [2.45, 2.75) is 12.5 Å². The van der Waals surface area contributed by atoms with Crippen molar-refractivity contribution >= 4 is 5.91 Å². The van der Waals surface area contributed by atoms with Crippen molar-refractivity contribution in [3.05, 3.63) is 48.0 Å². The van der Waals surface area contributed by atoms with Crippen molar-refractivity contribution in [1.82, 2.24) is 19.9 Å². The second kappa shape index (κ2) is 4.79. The van der Waals surface area contributed by atoms with Gasteiger partial charge in [0.1, 0.15) is 5.82 Å². The Balaban J connectivity index is 1.73. The lowest BCUT2D eigenvalue weighted by molar-refractivity contribution is 0.0785. The SMILES string of the molecule is O=C(c1cccc(F)c1)N1CCC(n2nccn2)C1. The summed E-state index contributed by atoms with van der Waals surface area (Å²) in [6.45, 7) is 1.20. The Morgan fingerprint density at radius 2 is 2.11 bits per heavy atom. The van der Waals surface area contributed by atoms with E-state index in [1.54, 1.807) is 34.2 Å². The molecule has 0 bridgehead atoms. The number of benzene rings is 1. The van der Waals surface area contributed by atoms with E-state index in [0.717, 1.165) is 6.42 Å². The lowest BCUT2D eigenvalue weighted by Crippen LogP contribution is -2.29. The van der Waals surface area contributed by atoms with Gasteiger partial charge in [0, 0.05) is 18.7 Å². The highest BCUT2D eigenvalue weighted by atomic mass is 19.1. The largest absolute Gasteiger partial charge is 0.336 e. The van der Waals surface area contributed by atoms with Crippen LogP contribution in [0.5, 0.6) is 0 Å². The molecule has 0 radical (unpaired) electrons. The summed E-state index contributed by atoms with van der Waals surface area (Å²) in [6, 6.07) is 5.88. The van der Waals surface area contributed by atoms with Gasteiger partial charge in [-0.15, -0.1) is 0 Å². The first kappa shape index (κ1) is 11.8. The molecule has 6 heteroatoms. The number of amides is 1. The molecule has 0 spiro atoms. The number of aromatic nitrogens is 3. The van der Waals surface area contributed by atoms with Crippen molar-refractivity contribution in [3.8, 4) is 0 Å². The third kappa shape index (κ3) is 2.33. The molecule has 0 N–H and O–H groups in total. The Morgan fingerprint density at radius 3 is 2.84 bits per heavy atom. The average Bonchev–Trinajstić information content (AvgIpc) is 3.08. The van der Waals surface area contributed by atoms with Crippen molar-refractivity contribution < 1.29 is 9.18 Å². The summed E-state index contributed by atoms with van der Waals surface area (Å²) in [4.78, 5) is 15.6. The van der Waals surface area contributed by atoms with E-state index in [-0.39, 0.29) is 11.9 Å². The summed E-state index contributed by atoms with van der Waals surface area (Å²) < 4.78 is 13.1. The molecular weight excluding hydrogens is 247 g/mol. The van der Waals surface area contributed by atoms with Crippen LogP contribution in [0.4, 0.5) is 4.39 Å². The average molecular weight is 260 g/mol. The first-order valence-corrected chi connectivity index (χ1v) is 6.14. The molecule has 0 aliphatic carbocycles. The molecule has 1 aromatic heterocycles. The molecular formula is C13H13FN4O. The van der Waals surface area contributed by atoms with Crippen LogP contribution >= 0.6 is 0 Å². The Labute approximate surface area is 109 Å². The van der Waals surface area contributed by atoms with Crippen LogP contribution in [0.2, 0.25) is 0 Å². The molecule has 1 amide bonds. The van der Waals surface area contributed by atoms with Gasteiger partial charge in [0.25, 0.3) is 5.91 Å². The predicted molar refractivity (Wildman–Crippen MR) is 66.0 cm³/mol. The minimum absolute atomic E-state index is 0.104. The van der Waals surface area contributed by atoms with Crippen LogP contribution in [0.1, 0.15) is 22.8 Å². The maximum absolute atomic E-state index is 13.1. The first-order chi connectivity index (χ1) is 9.24. The number of rotatable bonds is 2. The zero-order valence-electron chi connectivity index (χ0n) is 10.2. The normalized spacial score (nSPS) is 18.8. The summed E-state index contributed by atoms with van der Waals surface area (Å²) in [7, 11) is 0. The molecule has 1 atom stereocenters. The fourth-order valence-electron chi connectivity index (χ4n) is 2.33. The lowest BCUT2D eigenvalue weighted by Gasteiger charge is -2.16. The molecule has 2 aromatic rings. The minimum Gasteiger partial charge on any atom is -0.336 e. The molecule has 5 nitrogen and oxygen atoms in total. The van der Waals surface area contributed by atoms with Crippen molar-refractivity contribution in [3.63, 3.8) is 0 Å². The van der Waals surface area contributed by atoms with E-state index in [4.69, 9.17) is 0 Å². The van der Waals surface area contributed by atoms with Gasteiger partial charge < -0.3 is 4.90 Å². The van der Waals surface area contributed by atoms with E-state index in [9.17, 15) is 9.18 Å². The molecule has 1 aliphatic rings. The third-order valence-electron chi connectivity index (χ3n) is 3.29. The fourth-order valence-corrected chi connectivity index (χ4v) is 2.33. The van der Waals surface area contributed by atoms with Gasteiger partial charge in [0.15, 0.2) is 0 Å². The van der Waals surface area contributed by atoms with Crippen LogP contribution in [-0.2, 0) is 0 Å². The predicted octanol–water partition coefficient (Wildman–Crippen LogP) is 1.50. The van der Waals surface area contributed by atoms with Gasteiger partial charge in [0.2, 0.25) is 0 Å². The lowest BCUT2D eigenvalue weighted by atomic mass is 10.2. The monoisotopic (exact) mass is 260 g/mol. The Hall–Kier alpha value is -2.24. The molecule has 1 unspecified atom stereocenters. The standard InChI is InChI=1S/C13H13FN4O/c14-11-3-1-2-10(8-11)13(19)17-7-4-12(9-17)18-15-5-6-16-18/h1-3,5-6,8,12H,4,7,9H2. The van der Waals surface area contributed by atoms with Gasteiger partial charge in [0.05, 0.1) is 18.4 Å². The number of nitrogens with zero attached hydrogens (tertiary/aromatic N) is 4. The second-order valence-electron chi connectivity index (χ2n) is 4.55. The maximum atomic E-state index is 13.1. The molecule has 19 heavy (non-hydrogen) atoms. The van der Waals surface area contributed by atoms with Crippen LogP contribution < -0.4 is 0 Å². The zero-order chi connectivity index (χ0) is 13.2. The molecule has 0 saturated carbocycles. The van der Waals surface area contributed by atoms with E-state index in [2.05, 4.69) is 10.2 Å². The van der Waals surface area contributed by atoms with Crippen LogP contribution in [0, 0.1) is 5.82 Å². The third-order valence-corrected chi connectivity index (χ3v) is 3.29. The minimum atomic E-state index is -0.393. The Bertz CT molecular complexity index is 584. The summed E-state index contributed by atoms with van der Waals surface area (Å²) in [5.74, 6) is -0.538. The first-order valence-electron chi connectivity index (χ1n) is 6.14. The Kier molecular flexibility index (Phi) is 2.98. The van der Waals surface area contributed by atoms with E-state index >= 15 is 0 Å². The van der Waals surface area contributed by atoms with Crippen LogP contribution in [0.25, 0.3) is 0 Å². The van der Waals surface area contributed by atoms with Gasteiger partial charge in [-0.2, -0.15) is 15.0 Å². The van der Waals surface area contributed by atoms with E-state index in [1.807, 2.05) is 0 Å². The highest BCUT2D eigenvalue weighted by Crippen LogP contribution is 2.21. The molecule has 1 saturated heterocycles. The Morgan fingerprint density at radius 1 is 1.32 bits per heavy atom. The number of halogens is 1. The highest BCUT2D eigenvalue weighted by molar-refractivity contribution is 5.94. The van der Waals surface area contributed by atoms with E-state index in [1.165, 1.54) is 12.1 Å². The summed E-state index contributed by atoms with van der Waals surface area (Å²) in [5, 5.41) is 8.17. The molecule has 2 heterocycles. The van der Waals surface area contributed by atoms with E-state index < -0.39 is 5.82 Å². The summed E-state index contributed by atoms with van der Waals surface area (Å²) in [5.41, 5.74) is 0.383. The molecule has 1 fully saturated rings. The van der Waals surface area contributed by atoms with Crippen molar-refractivity contribution in [2.24, 2.45) is 0 Å². The smallest absolute Gasteiger partial charge is 0.254 e. The molecule has 1 aliphatic heterocycles. The fraction of sp³-hybridized carbons (Fsp3) is 0.308. The maximum Gasteiger partial charge on any atom is 0.254 e. The molecule has 3 rings (SSSR count). The van der Waals surface area contributed by atoms with Crippen LogP contribution in [0.15, 0.2) is 36.7 Å². The number of hydrogen-bond acceptors (Lipinski definition) is 3. The topological polar surface area (TPSA) is 51.0 Å². The van der Waals surface area contributed by atoms with Gasteiger partial charge >= 0.3 is 0 Å². The van der Waals surface area contributed by atoms with Gasteiger partial charge in [-0.3, -0.25) is 4.79 Å². The van der Waals surface area contributed by atoms with Crippen LogP contribution in [-0.4, -0.2) is 38.9 Å². The van der Waals surface area contributed by atoms with Gasteiger partial charge in [-0.05, 0) is 24.6 Å². The number of carbonyl (C=O) groups is 1. The number of hydrogen-bond donors (Lipinski definition) is 0. The number of likely N-dealkylation sites (tertiary alicyclic amines) is 1. The molecule has 1 aromatic carbocycles. The number of carbonyl (C=O) groups excluding carboxylic acids is 1.